The summed E-state index contributed by atoms with van der Waals surface area (Å²) in [5.41, 5.74) is 0.871. The second-order valence-corrected chi connectivity index (χ2v) is 3.98. The maximum absolute atomic E-state index is 10.7. The quantitative estimate of drug-likeness (QED) is 0.406. The minimum atomic E-state index is -1.02. The summed E-state index contributed by atoms with van der Waals surface area (Å²) >= 11 is 0. The van der Waals surface area contributed by atoms with Crippen molar-refractivity contribution in [2.24, 2.45) is 0 Å². The van der Waals surface area contributed by atoms with E-state index in [0.29, 0.717) is 5.75 Å². The molecule has 2 rings (SSSR count). The third-order valence-corrected chi connectivity index (χ3v) is 2.42. The van der Waals surface area contributed by atoms with Gasteiger partial charge in [-0.1, -0.05) is 36.9 Å². The summed E-state index contributed by atoms with van der Waals surface area (Å²) in [5.74, 6) is -1.31. The first-order valence-electron chi connectivity index (χ1n) is 6.24. The predicted molar refractivity (Wildman–Crippen MR) is 81.1 cm³/mol. The van der Waals surface area contributed by atoms with Crippen molar-refractivity contribution in [2.75, 3.05) is 0 Å². The first-order chi connectivity index (χ1) is 10.6. The second kappa shape index (κ2) is 8.86. The number of carbonyl (C=O) groups excluding carboxylic acids is 2. The van der Waals surface area contributed by atoms with E-state index in [1.165, 1.54) is 24.3 Å². The Bertz CT molecular complexity index is 645. The van der Waals surface area contributed by atoms with Gasteiger partial charge in [-0.25, -0.2) is 9.59 Å². The van der Waals surface area contributed by atoms with Gasteiger partial charge in [0.15, 0.2) is 0 Å². The number of hydrogen-bond acceptors (Lipinski definition) is 4. The molecule has 0 spiro atoms. The lowest BCUT2D eigenvalue weighted by molar-refractivity contribution is -0.128. The fraction of sp³-hybridized carbons (Fsp3) is 0. The number of carboxylic acids is 1. The lowest BCUT2D eigenvalue weighted by atomic mass is 10.2. The van der Waals surface area contributed by atoms with E-state index in [0.717, 1.165) is 17.9 Å². The Labute approximate surface area is 127 Å². The smallest absolute Gasteiger partial charge is 0.335 e. The Morgan fingerprint density at radius 1 is 1.00 bits per heavy atom. The Hall–Kier alpha value is -3.21. The Morgan fingerprint density at radius 3 is 2.00 bits per heavy atom. The molecular formula is C17H14O5. The van der Waals surface area contributed by atoms with Crippen LogP contribution in [0.15, 0.2) is 67.3 Å². The van der Waals surface area contributed by atoms with Crippen LogP contribution in [0.5, 0.6) is 5.75 Å². The Kier molecular flexibility index (Phi) is 6.78. The van der Waals surface area contributed by atoms with Crippen molar-refractivity contribution in [3.05, 3.63) is 78.4 Å². The van der Waals surface area contributed by atoms with Crippen molar-refractivity contribution in [1.29, 1.82) is 0 Å². The van der Waals surface area contributed by atoms with Crippen LogP contribution in [0, 0.1) is 0 Å². The highest BCUT2D eigenvalue weighted by molar-refractivity contribution is 5.88. The van der Waals surface area contributed by atoms with Gasteiger partial charge < -0.3 is 9.84 Å². The third-order valence-electron chi connectivity index (χ3n) is 2.42. The van der Waals surface area contributed by atoms with Crippen molar-refractivity contribution in [3.8, 4) is 5.75 Å². The molecule has 0 amide bonds. The van der Waals surface area contributed by atoms with Crippen LogP contribution in [0.1, 0.15) is 20.7 Å². The molecule has 2 aromatic rings. The fourth-order valence-electron chi connectivity index (χ4n) is 1.35. The van der Waals surface area contributed by atoms with Gasteiger partial charge in [0.05, 0.1) is 5.56 Å². The molecule has 0 aliphatic rings. The Morgan fingerprint density at radius 2 is 1.59 bits per heavy atom. The number of aldehydes is 1. The molecule has 0 unspecified atom stereocenters. The van der Waals surface area contributed by atoms with Crippen LogP contribution >= 0.6 is 0 Å². The average molecular weight is 298 g/mol. The van der Waals surface area contributed by atoms with E-state index in [2.05, 4.69) is 6.58 Å². The van der Waals surface area contributed by atoms with Crippen LogP contribution in [0.2, 0.25) is 0 Å². The van der Waals surface area contributed by atoms with Crippen LogP contribution in [0.25, 0.3) is 0 Å². The topological polar surface area (TPSA) is 80.7 Å². The molecule has 22 heavy (non-hydrogen) atoms. The first kappa shape index (κ1) is 16.8. The van der Waals surface area contributed by atoms with Crippen LogP contribution in [-0.2, 0) is 4.79 Å². The summed E-state index contributed by atoms with van der Waals surface area (Å²) in [4.78, 5) is 31.2. The van der Waals surface area contributed by atoms with Gasteiger partial charge in [-0.15, -0.1) is 0 Å². The molecule has 2 aromatic carbocycles. The number of esters is 1. The molecule has 0 fully saturated rings. The number of carbonyl (C=O) groups is 3. The average Bonchev–Trinajstić information content (AvgIpc) is 2.56. The molecular weight excluding hydrogens is 284 g/mol. The van der Waals surface area contributed by atoms with Crippen LogP contribution in [0.3, 0.4) is 0 Å². The zero-order valence-corrected chi connectivity index (χ0v) is 11.6. The number of ether oxygens (including phenoxy) is 1. The summed E-state index contributed by atoms with van der Waals surface area (Å²) < 4.78 is 4.75. The molecule has 0 aliphatic heterocycles. The number of hydrogen-bond donors (Lipinski definition) is 1. The zero-order valence-electron chi connectivity index (χ0n) is 11.6. The van der Waals surface area contributed by atoms with Crippen LogP contribution in [0.4, 0.5) is 0 Å². The molecule has 0 aromatic heterocycles. The summed E-state index contributed by atoms with van der Waals surface area (Å²) in [6, 6.07) is 14.6. The highest BCUT2D eigenvalue weighted by Gasteiger charge is 2.03. The van der Waals surface area contributed by atoms with E-state index >= 15 is 0 Å². The fourth-order valence-corrected chi connectivity index (χ4v) is 1.35. The monoisotopic (exact) mass is 298 g/mol. The second-order valence-electron chi connectivity index (χ2n) is 3.98. The van der Waals surface area contributed by atoms with Crippen molar-refractivity contribution in [2.45, 2.75) is 0 Å². The molecule has 0 saturated heterocycles. The Balaban J connectivity index is 0.000000255. The number of benzene rings is 2. The van der Waals surface area contributed by atoms with Crippen molar-refractivity contribution in [3.63, 3.8) is 0 Å². The van der Waals surface area contributed by atoms with Gasteiger partial charge >= 0.3 is 11.9 Å². The van der Waals surface area contributed by atoms with Gasteiger partial charge in [0.1, 0.15) is 12.0 Å². The molecule has 0 saturated carbocycles. The molecule has 112 valence electrons. The van der Waals surface area contributed by atoms with Gasteiger partial charge in [-0.05, 0) is 24.3 Å². The highest BCUT2D eigenvalue weighted by atomic mass is 16.5. The lowest BCUT2D eigenvalue weighted by Gasteiger charge is -2.00. The maximum atomic E-state index is 10.7. The molecule has 0 heterocycles. The summed E-state index contributed by atoms with van der Waals surface area (Å²) in [6.45, 7) is 3.23. The standard InChI is InChI=1S/C10H8O4.C7H6O/c1-2-9(11)14-8-5-3-7(4-6-8)10(12)13;8-6-7-4-2-1-3-5-7/h2-6H,1H2,(H,12,13);1-6H. The van der Waals surface area contributed by atoms with E-state index in [9.17, 15) is 14.4 Å². The predicted octanol–water partition coefficient (Wildman–Crippen LogP) is 2.98. The minimum absolute atomic E-state index is 0.142. The lowest BCUT2D eigenvalue weighted by Crippen LogP contribution is -2.03. The molecule has 1 N–H and O–H groups in total. The van der Waals surface area contributed by atoms with Gasteiger partial charge in [0.25, 0.3) is 0 Å². The largest absolute Gasteiger partial charge is 0.478 e. The van der Waals surface area contributed by atoms with E-state index in [1.54, 1.807) is 12.1 Å². The third kappa shape index (κ3) is 5.83. The molecule has 5 heteroatoms. The maximum Gasteiger partial charge on any atom is 0.335 e. The van der Waals surface area contributed by atoms with Crippen LogP contribution < -0.4 is 4.74 Å². The molecule has 0 bridgehead atoms. The summed E-state index contributed by atoms with van der Waals surface area (Å²) in [5, 5.41) is 8.58. The van der Waals surface area contributed by atoms with Crippen LogP contribution in [-0.4, -0.2) is 23.3 Å². The molecule has 0 radical (unpaired) electrons. The zero-order chi connectivity index (χ0) is 16.4. The van der Waals surface area contributed by atoms with Gasteiger partial charge in [-0.3, -0.25) is 4.79 Å². The van der Waals surface area contributed by atoms with Gasteiger partial charge in [-0.2, -0.15) is 0 Å². The highest BCUT2D eigenvalue weighted by Crippen LogP contribution is 2.12. The van der Waals surface area contributed by atoms with E-state index < -0.39 is 11.9 Å². The molecule has 5 nitrogen and oxygen atoms in total. The SMILES string of the molecule is C=CC(=O)Oc1ccc(C(=O)O)cc1.O=Cc1ccccc1. The number of aromatic carboxylic acids is 1. The van der Waals surface area contributed by atoms with E-state index in [1.807, 2.05) is 18.2 Å². The first-order valence-corrected chi connectivity index (χ1v) is 6.24. The van der Waals surface area contributed by atoms with E-state index in [4.69, 9.17) is 9.84 Å². The number of carboxylic acid groups (broad SMARTS) is 1. The summed E-state index contributed by atoms with van der Waals surface area (Å²) in [7, 11) is 0. The molecule has 0 atom stereocenters. The van der Waals surface area contributed by atoms with Crippen molar-refractivity contribution < 1.29 is 24.2 Å². The minimum Gasteiger partial charge on any atom is -0.478 e. The number of rotatable bonds is 4. The van der Waals surface area contributed by atoms with Crippen molar-refractivity contribution in [1.82, 2.24) is 0 Å². The van der Waals surface area contributed by atoms with Gasteiger partial charge in [0, 0.05) is 11.6 Å². The van der Waals surface area contributed by atoms with Crippen molar-refractivity contribution >= 4 is 18.2 Å². The molecule has 0 aliphatic carbocycles. The van der Waals surface area contributed by atoms with Gasteiger partial charge in [0.2, 0.25) is 0 Å². The summed E-state index contributed by atoms with van der Waals surface area (Å²) in [6.07, 6.45) is 1.87. The van der Waals surface area contributed by atoms with E-state index in [-0.39, 0.29) is 5.56 Å². The normalized spacial score (nSPS) is 8.91.